The number of amides is 2. The molecule has 0 bridgehead atoms. The second kappa shape index (κ2) is 6.33. The van der Waals surface area contributed by atoms with E-state index in [-0.39, 0.29) is 17.2 Å². The van der Waals surface area contributed by atoms with Crippen LogP contribution < -0.4 is 10.6 Å². The van der Waals surface area contributed by atoms with Crippen molar-refractivity contribution < 1.29 is 23.1 Å². The molecular weight excluding hydrogens is 338 g/mol. The molecule has 1 aromatic carbocycles. The lowest BCUT2D eigenvalue weighted by Gasteiger charge is -2.37. The molecule has 3 rings (SSSR count). The van der Waals surface area contributed by atoms with Crippen LogP contribution in [0.25, 0.3) is 0 Å². The number of nitrogens with zero attached hydrogens (tertiary/aromatic N) is 1. The normalized spacial score (nSPS) is 26.5. The van der Waals surface area contributed by atoms with E-state index in [1.807, 2.05) is 0 Å². The molecule has 2 aliphatic rings. The Morgan fingerprint density at radius 2 is 2.25 bits per heavy atom. The number of benzene rings is 1. The highest BCUT2D eigenvalue weighted by atomic mass is 32.2. The number of hydrogen-bond acceptors (Lipinski definition) is 4. The van der Waals surface area contributed by atoms with Gasteiger partial charge >= 0.3 is 0 Å². The number of hydrogen-bond donors (Lipinski definition) is 1. The number of ether oxygens (including phenoxy) is 1. The van der Waals surface area contributed by atoms with Gasteiger partial charge in [-0.15, -0.1) is 0 Å². The molecule has 1 aromatic rings. The molecule has 0 aromatic heterocycles. The monoisotopic (exact) mass is 356 g/mol. The van der Waals surface area contributed by atoms with E-state index in [2.05, 4.69) is 0 Å². The van der Waals surface area contributed by atoms with E-state index >= 15 is 0 Å². The van der Waals surface area contributed by atoms with Crippen LogP contribution in [0.2, 0.25) is 0 Å². The molecule has 1 saturated heterocycles. The zero-order valence-electron chi connectivity index (χ0n) is 13.2. The van der Waals surface area contributed by atoms with Crippen LogP contribution in [-0.4, -0.2) is 37.0 Å². The van der Waals surface area contributed by atoms with Gasteiger partial charge in [0.1, 0.15) is 6.54 Å². The van der Waals surface area contributed by atoms with Gasteiger partial charge in [-0.25, -0.2) is 8.78 Å². The first-order valence-electron chi connectivity index (χ1n) is 7.65. The second-order valence-corrected chi connectivity index (χ2v) is 7.12. The molecule has 2 atom stereocenters. The van der Waals surface area contributed by atoms with Crippen LogP contribution in [0.4, 0.5) is 14.5 Å². The van der Waals surface area contributed by atoms with Crippen molar-refractivity contribution in [1.82, 2.24) is 0 Å². The molecule has 1 fully saturated rings. The van der Waals surface area contributed by atoms with Crippen molar-refractivity contribution in [3.05, 3.63) is 29.3 Å². The molecule has 2 heterocycles. The largest absolute Gasteiger partial charge is 0.368 e. The van der Waals surface area contributed by atoms with Crippen molar-refractivity contribution in [2.24, 2.45) is 11.7 Å². The first kappa shape index (κ1) is 17.2. The van der Waals surface area contributed by atoms with E-state index in [1.165, 1.54) is 13.2 Å². The molecule has 2 amide bonds. The van der Waals surface area contributed by atoms with Crippen LogP contribution in [0.15, 0.2) is 12.1 Å². The van der Waals surface area contributed by atoms with Crippen LogP contribution in [0.3, 0.4) is 0 Å². The van der Waals surface area contributed by atoms with Crippen LogP contribution in [0.1, 0.15) is 18.4 Å². The number of methoxy groups -OCH3 is 1. The number of rotatable bonds is 4. The molecule has 5 nitrogen and oxygen atoms in total. The topological polar surface area (TPSA) is 72.6 Å². The summed E-state index contributed by atoms with van der Waals surface area (Å²) in [6.45, 7) is -0.401. The maximum absolute atomic E-state index is 14.7. The highest BCUT2D eigenvalue weighted by Gasteiger charge is 2.58. The third-order valence-corrected chi connectivity index (χ3v) is 5.88. The maximum Gasteiger partial charge on any atom is 0.264 e. The van der Waals surface area contributed by atoms with E-state index < -0.39 is 35.6 Å². The zero-order chi connectivity index (χ0) is 17.5. The molecule has 24 heavy (non-hydrogen) atoms. The molecule has 0 aliphatic carbocycles. The Morgan fingerprint density at radius 1 is 1.50 bits per heavy atom. The van der Waals surface area contributed by atoms with Gasteiger partial charge in [0.2, 0.25) is 5.91 Å². The number of carbonyl (C=O) groups is 2. The van der Waals surface area contributed by atoms with Crippen molar-refractivity contribution in [3.8, 4) is 0 Å². The minimum absolute atomic E-state index is 0.122. The summed E-state index contributed by atoms with van der Waals surface area (Å²) >= 11 is 1.65. The number of anilines is 1. The Balaban J connectivity index is 2.20. The number of nitrogens with two attached hydrogens (primary N) is 1. The van der Waals surface area contributed by atoms with E-state index in [9.17, 15) is 18.4 Å². The quantitative estimate of drug-likeness (QED) is 0.893. The summed E-state index contributed by atoms with van der Waals surface area (Å²) in [6, 6.07) is 2.24. The molecule has 2 aliphatic heterocycles. The molecule has 0 saturated carbocycles. The lowest BCUT2D eigenvalue weighted by molar-refractivity contribution is -0.147. The fourth-order valence-electron chi connectivity index (χ4n) is 3.64. The highest BCUT2D eigenvalue weighted by Crippen LogP contribution is 2.51. The fourth-order valence-corrected chi connectivity index (χ4v) is 4.87. The average molecular weight is 356 g/mol. The molecule has 2 N–H and O–H groups in total. The smallest absolute Gasteiger partial charge is 0.264 e. The zero-order valence-corrected chi connectivity index (χ0v) is 14.0. The third kappa shape index (κ3) is 2.39. The number of fused-ring (bicyclic) bond motifs is 1. The lowest BCUT2D eigenvalue weighted by Crippen LogP contribution is -2.50. The summed E-state index contributed by atoms with van der Waals surface area (Å²) in [7, 11) is 1.32. The van der Waals surface area contributed by atoms with Gasteiger partial charge in [0.15, 0.2) is 17.2 Å². The Morgan fingerprint density at radius 3 is 2.83 bits per heavy atom. The van der Waals surface area contributed by atoms with Crippen LogP contribution in [0.5, 0.6) is 0 Å². The summed E-state index contributed by atoms with van der Waals surface area (Å²) in [6.07, 6.45) is 1.52. The van der Waals surface area contributed by atoms with Gasteiger partial charge in [-0.3, -0.25) is 14.5 Å². The summed E-state index contributed by atoms with van der Waals surface area (Å²) < 4.78 is 34.1. The summed E-state index contributed by atoms with van der Waals surface area (Å²) in [5.74, 6) is -2.20. The predicted octanol–water partition coefficient (Wildman–Crippen LogP) is 1.78. The van der Waals surface area contributed by atoms with Crippen molar-refractivity contribution in [2.75, 3.05) is 30.1 Å². The molecule has 0 radical (unpaired) electrons. The van der Waals surface area contributed by atoms with Crippen LogP contribution in [0, 0.1) is 17.6 Å². The van der Waals surface area contributed by atoms with Gasteiger partial charge in [0.25, 0.3) is 5.91 Å². The Kier molecular flexibility index (Phi) is 4.52. The minimum atomic E-state index is -1.62. The van der Waals surface area contributed by atoms with E-state index in [1.54, 1.807) is 11.8 Å². The number of carbonyl (C=O) groups excluding carboxylic acids is 2. The van der Waals surface area contributed by atoms with E-state index in [0.717, 1.165) is 23.1 Å². The fraction of sp³-hybridized carbons (Fsp3) is 0.500. The van der Waals surface area contributed by atoms with Gasteiger partial charge in [-0.1, -0.05) is 0 Å². The predicted molar refractivity (Wildman–Crippen MR) is 86.6 cm³/mol. The first-order valence-corrected chi connectivity index (χ1v) is 8.80. The molecule has 0 spiro atoms. The second-order valence-electron chi connectivity index (χ2n) is 5.97. The summed E-state index contributed by atoms with van der Waals surface area (Å²) in [5.41, 5.74) is 3.63. The van der Waals surface area contributed by atoms with Gasteiger partial charge in [-0.05, 0) is 36.5 Å². The van der Waals surface area contributed by atoms with E-state index in [0.29, 0.717) is 12.2 Å². The van der Waals surface area contributed by atoms with Gasteiger partial charge < -0.3 is 10.5 Å². The molecule has 0 unspecified atom stereocenters. The molecular formula is C16H18F2N2O3S. The lowest BCUT2D eigenvalue weighted by atomic mass is 9.80. The Labute approximate surface area is 142 Å². The Bertz CT molecular complexity index is 694. The number of halogens is 2. The SMILES string of the molecule is CO[C@]1([C@@H]2CCCSC2)C(=O)N(CC(N)=O)c2ccc(F)c(F)c21. The molecule has 130 valence electrons. The van der Waals surface area contributed by atoms with Gasteiger partial charge in [0.05, 0.1) is 11.3 Å². The minimum Gasteiger partial charge on any atom is -0.368 e. The van der Waals surface area contributed by atoms with Crippen molar-refractivity contribution in [3.63, 3.8) is 0 Å². The third-order valence-electron chi connectivity index (χ3n) is 4.67. The van der Waals surface area contributed by atoms with Crippen molar-refractivity contribution >= 4 is 29.3 Å². The summed E-state index contributed by atoms with van der Waals surface area (Å²) in [5, 5.41) is 0. The van der Waals surface area contributed by atoms with Crippen LogP contribution >= 0.6 is 11.8 Å². The number of primary amides is 1. The van der Waals surface area contributed by atoms with Crippen molar-refractivity contribution in [2.45, 2.75) is 18.4 Å². The first-order chi connectivity index (χ1) is 11.4. The maximum atomic E-state index is 14.7. The standard InChI is InChI=1S/C16H18F2N2O3S/c1-23-16(9-3-2-6-24-8-9)13-11(5-4-10(17)14(13)18)20(15(16)22)7-12(19)21/h4-5,9H,2-3,6-8H2,1H3,(H2,19,21)/t9-,16+/m1/s1. The van der Waals surface area contributed by atoms with Gasteiger partial charge in [-0.2, -0.15) is 11.8 Å². The Hall–Kier alpha value is -1.67. The van der Waals surface area contributed by atoms with Crippen molar-refractivity contribution in [1.29, 1.82) is 0 Å². The molecule has 8 heteroatoms. The average Bonchev–Trinajstić information content (AvgIpc) is 2.81. The van der Waals surface area contributed by atoms with Gasteiger partial charge in [0, 0.05) is 13.0 Å². The summed E-state index contributed by atoms with van der Waals surface area (Å²) in [4.78, 5) is 25.6. The highest BCUT2D eigenvalue weighted by molar-refractivity contribution is 7.99. The van der Waals surface area contributed by atoms with E-state index in [4.69, 9.17) is 10.5 Å². The van der Waals surface area contributed by atoms with Crippen LogP contribution in [-0.2, 0) is 19.9 Å². The number of thioether (sulfide) groups is 1.